The zero-order valence-corrected chi connectivity index (χ0v) is 19.9. The van der Waals surface area contributed by atoms with Crippen LogP contribution in [0.15, 0.2) is 78.3 Å². The van der Waals surface area contributed by atoms with Crippen molar-refractivity contribution in [2.75, 3.05) is 10.6 Å². The van der Waals surface area contributed by atoms with Crippen LogP contribution >= 0.6 is 23.2 Å². The summed E-state index contributed by atoms with van der Waals surface area (Å²) in [7, 11) is 0. The van der Waals surface area contributed by atoms with Gasteiger partial charge in [-0.2, -0.15) is 4.98 Å². The summed E-state index contributed by atoms with van der Waals surface area (Å²) in [5, 5.41) is 11.8. The highest BCUT2D eigenvalue weighted by atomic mass is 35.5. The number of rotatable bonds is 4. The number of anilines is 2. The number of carbonyl (C=O) groups excluding carboxylic acids is 1. The van der Waals surface area contributed by atoms with E-state index in [2.05, 4.69) is 15.6 Å². The van der Waals surface area contributed by atoms with Crippen molar-refractivity contribution in [1.82, 2.24) is 19.7 Å². The van der Waals surface area contributed by atoms with E-state index in [-0.39, 0.29) is 5.91 Å². The molecule has 0 saturated heterocycles. The van der Waals surface area contributed by atoms with Crippen LogP contribution in [0.4, 0.5) is 11.6 Å². The van der Waals surface area contributed by atoms with Crippen molar-refractivity contribution in [2.45, 2.75) is 19.9 Å². The Hall–Kier alpha value is -3.68. The SMILES string of the molecule is CC1=C(C(=O)Nc2cccnc2)C(c2ccc(Cl)c(Cl)c2)n2nc(-c3cccc(C)c3)nc2N1. The highest BCUT2D eigenvalue weighted by Crippen LogP contribution is 2.38. The third-order valence-electron chi connectivity index (χ3n) is 5.55. The molecule has 0 saturated carbocycles. The topological polar surface area (TPSA) is 84.7 Å². The summed E-state index contributed by atoms with van der Waals surface area (Å²) in [5.41, 5.74) is 4.48. The second kappa shape index (κ2) is 8.93. The molecule has 9 heteroatoms. The first-order valence-electron chi connectivity index (χ1n) is 10.6. The standard InChI is InChI=1S/C25H20Cl2N6O/c1-14-5-3-6-17(11-14)23-31-25-29-15(2)21(24(34)30-18-7-4-10-28-13-18)22(33(25)32-23)16-8-9-19(26)20(27)12-16/h3-13,22H,1-2H3,(H,30,34)(H,29,31,32). The van der Waals surface area contributed by atoms with Crippen LogP contribution in [-0.2, 0) is 4.79 Å². The van der Waals surface area contributed by atoms with E-state index in [0.29, 0.717) is 38.8 Å². The average molecular weight is 491 g/mol. The predicted molar refractivity (Wildman–Crippen MR) is 134 cm³/mol. The molecule has 1 unspecified atom stereocenters. The first-order valence-corrected chi connectivity index (χ1v) is 11.3. The highest BCUT2D eigenvalue weighted by Gasteiger charge is 2.34. The van der Waals surface area contributed by atoms with Gasteiger partial charge in [-0.25, -0.2) is 4.68 Å². The van der Waals surface area contributed by atoms with Crippen molar-refractivity contribution in [3.05, 3.63) is 99.4 Å². The molecule has 7 nitrogen and oxygen atoms in total. The van der Waals surface area contributed by atoms with E-state index in [1.54, 1.807) is 41.3 Å². The van der Waals surface area contributed by atoms with Gasteiger partial charge in [0, 0.05) is 17.5 Å². The van der Waals surface area contributed by atoms with Gasteiger partial charge in [0.1, 0.15) is 6.04 Å². The number of amides is 1. The third kappa shape index (κ3) is 4.16. The Balaban J connectivity index is 1.63. The van der Waals surface area contributed by atoms with E-state index >= 15 is 0 Å². The summed E-state index contributed by atoms with van der Waals surface area (Å²) in [6.45, 7) is 3.86. The lowest BCUT2D eigenvalue weighted by Gasteiger charge is -2.28. The zero-order valence-electron chi connectivity index (χ0n) is 18.4. The summed E-state index contributed by atoms with van der Waals surface area (Å²) in [5.74, 6) is 0.799. The van der Waals surface area contributed by atoms with Crippen LogP contribution in [-0.4, -0.2) is 25.7 Å². The van der Waals surface area contributed by atoms with E-state index in [1.165, 1.54) is 0 Å². The fraction of sp³-hybridized carbons (Fsp3) is 0.120. The highest BCUT2D eigenvalue weighted by molar-refractivity contribution is 6.42. The van der Waals surface area contributed by atoms with Crippen LogP contribution in [0.2, 0.25) is 10.0 Å². The van der Waals surface area contributed by atoms with Crippen molar-refractivity contribution in [3.63, 3.8) is 0 Å². The summed E-state index contributed by atoms with van der Waals surface area (Å²) < 4.78 is 1.71. The maximum absolute atomic E-state index is 13.5. The van der Waals surface area contributed by atoms with Crippen molar-refractivity contribution < 1.29 is 4.79 Å². The number of aromatic nitrogens is 4. The molecule has 1 aliphatic heterocycles. The van der Waals surface area contributed by atoms with Gasteiger partial charge in [0.15, 0.2) is 5.82 Å². The average Bonchev–Trinajstić information content (AvgIpc) is 3.24. The number of benzene rings is 2. The minimum atomic E-state index is -0.575. The van der Waals surface area contributed by atoms with Crippen LogP contribution in [0.25, 0.3) is 11.4 Å². The molecule has 34 heavy (non-hydrogen) atoms. The van der Waals surface area contributed by atoms with Crippen LogP contribution in [0.5, 0.6) is 0 Å². The van der Waals surface area contributed by atoms with Gasteiger partial charge in [-0.1, -0.05) is 53.0 Å². The summed E-state index contributed by atoms with van der Waals surface area (Å²) in [6, 6.07) is 16.2. The van der Waals surface area contributed by atoms with E-state index in [1.807, 2.05) is 44.2 Å². The van der Waals surface area contributed by atoms with E-state index in [9.17, 15) is 4.79 Å². The smallest absolute Gasteiger partial charge is 0.255 e. The lowest BCUT2D eigenvalue weighted by atomic mass is 9.95. The van der Waals surface area contributed by atoms with Crippen LogP contribution < -0.4 is 10.6 Å². The van der Waals surface area contributed by atoms with Gasteiger partial charge in [-0.3, -0.25) is 9.78 Å². The molecule has 2 N–H and O–H groups in total. The largest absolute Gasteiger partial charge is 0.328 e. The molecule has 5 rings (SSSR count). The number of aryl methyl sites for hydroxylation is 1. The van der Waals surface area contributed by atoms with Gasteiger partial charge < -0.3 is 10.6 Å². The summed E-state index contributed by atoms with van der Waals surface area (Å²) >= 11 is 12.5. The second-order valence-electron chi connectivity index (χ2n) is 8.01. The Morgan fingerprint density at radius 3 is 2.65 bits per heavy atom. The van der Waals surface area contributed by atoms with E-state index in [0.717, 1.165) is 16.7 Å². The minimum absolute atomic E-state index is 0.285. The molecule has 0 radical (unpaired) electrons. The molecule has 2 aromatic carbocycles. The number of pyridine rings is 1. The first-order chi connectivity index (χ1) is 16.4. The molecule has 1 atom stereocenters. The van der Waals surface area contributed by atoms with Gasteiger partial charge >= 0.3 is 0 Å². The lowest BCUT2D eigenvalue weighted by molar-refractivity contribution is -0.113. The molecule has 0 bridgehead atoms. The normalized spacial score (nSPS) is 15.0. The Bertz CT molecular complexity index is 1430. The van der Waals surface area contributed by atoms with Gasteiger partial charge in [0.25, 0.3) is 5.91 Å². The second-order valence-corrected chi connectivity index (χ2v) is 8.82. The van der Waals surface area contributed by atoms with Crippen molar-refractivity contribution in [3.8, 4) is 11.4 Å². The van der Waals surface area contributed by atoms with Crippen LogP contribution in [0, 0.1) is 6.92 Å². The zero-order chi connectivity index (χ0) is 23.8. The number of nitrogens with zero attached hydrogens (tertiary/aromatic N) is 4. The van der Waals surface area contributed by atoms with Gasteiger partial charge in [-0.15, -0.1) is 5.10 Å². The Labute approximate surface area is 206 Å². The quantitative estimate of drug-likeness (QED) is 0.372. The summed E-state index contributed by atoms with van der Waals surface area (Å²) in [6.07, 6.45) is 3.24. The molecule has 0 fully saturated rings. The monoisotopic (exact) mass is 490 g/mol. The fourth-order valence-electron chi connectivity index (χ4n) is 3.98. The summed E-state index contributed by atoms with van der Waals surface area (Å²) in [4.78, 5) is 22.3. The van der Waals surface area contributed by atoms with Crippen molar-refractivity contribution in [1.29, 1.82) is 0 Å². The van der Waals surface area contributed by atoms with E-state index < -0.39 is 6.04 Å². The van der Waals surface area contributed by atoms with Crippen molar-refractivity contribution >= 4 is 40.7 Å². The molecule has 0 spiro atoms. The molecule has 0 aliphatic carbocycles. The Morgan fingerprint density at radius 1 is 1.06 bits per heavy atom. The van der Waals surface area contributed by atoms with Gasteiger partial charge in [-0.05, 0) is 49.7 Å². The van der Waals surface area contributed by atoms with Crippen molar-refractivity contribution in [2.24, 2.45) is 0 Å². The molecular formula is C25H20Cl2N6O. The number of hydrogen-bond donors (Lipinski definition) is 2. The maximum Gasteiger partial charge on any atom is 0.255 e. The number of halogens is 2. The van der Waals surface area contributed by atoms with Gasteiger partial charge in [0.2, 0.25) is 5.95 Å². The number of carbonyl (C=O) groups is 1. The number of allylic oxidation sites excluding steroid dienone is 1. The minimum Gasteiger partial charge on any atom is -0.328 e. The lowest BCUT2D eigenvalue weighted by Crippen LogP contribution is -2.31. The van der Waals surface area contributed by atoms with E-state index in [4.69, 9.17) is 33.3 Å². The molecule has 4 aromatic rings. The molecule has 1 aliphatic rings. The Morgan fingerprint density at radius 2 is 1.91 bits per heavy atom. The van der Waals surface area contributed by atoms with Gasteiger partial charge in [0.05, 0.1) is 27.5 Å². The maximum atomic E-state index is 13.5. The number of nitrogens with one attached hydrogen (secondary N) is 2. The third-order valence-corrected chi connectivity index (χ3v) is 6.29. The molecule has 2 aromatic heterocycles. The van der Waals surface area contributed by atoms with Crippen LogP contribution in [0.3, 0.4) is 0 Å². The Kier molecular flexibility index (Phi) is 5.81. The first kappa shape index (κ1) is 22.1. The fourth-order valence-corrected chi connectivity index (χ4v) is 4.28. The molecule has 1 amide bonds. The predicted octanol–water partition coefficient (Wildman–Crippen LogP) is 5.88. The molecular weight excluding hydrogens is 471 g/mol. The number of fused-ring (bicyclic) bond motifs is 1. The number of hydrogen-bond acceptors (Lipinski definition) is 5. The van der Waals surface area contributed by atoms with Crippen LogP contribution in [0.1, 0.15) is 24.1 Å². The molecule has 170 valence electrons. The molecule has 3 heterocycles.